The van der Waals surface area contributed by atoms with Crippen LogP contribution in [0, 0.1) is 6.92 Å². The van der Waals surface area contributed by atoms with Gasteiger partial charge < -0.3 is 10.4 Å². The second-order valence-corrected chi connectivity index (χ2v) is 8.44. The SMILES string of the molecule is Cc1cnc(NC(=O)CC2=C(O)c3ccccc3S(=O)(=O)N2C)s1. The molecule has 0 unspecified atom stereocenters. The highest BCUT2D eigenvalue weighted by atomic mass is 32.2. The van der Waals surface area contributed by atoms with E-state index in [9.17, 15) is 18.3 Å². The number of hydrogen-bond donors (Lipinski definition) is 2. The molecule has 0 bridgehead atoms. The molecule has 24 heavy (non-hydrogen) atoms. The number of nitrogens with zero attached hydrogens (tertiary/aromatic N) is 2. The summed E-state index contributed by atoms with van der Waals surface area (Å²) in [6.45, 7) is 1.86. The van der Waals surface area contributed by atoms with E-state index in [4.69, 9.17) is 0 Å². The van der Waals surface area contributed by atoms with E-state index in [2.05, 4.69) is 10.3 Å². The number of anilines is 1. The molecule has 2 N–H and O–H groups in total. The summed E-state index contributed by atoms with van der Waals surface area (Å²) in [6.07, 6.45) is 1.35. The Balaban J connectivity index is 1.93. The number of thiazole rings is 1. The van der Waals surface area contributed by atoms with Crippen LogP contribution in [0.15, 0.2) is 41.1 Å². The lowest BCUT2D eigenvalue weighted by Gasteiger charge is -2.29. The van der Waals surface area contributed by atoms with Crippen LogP contribution in [0.3, 0.4) is 0 Å². The number of nitrogens with one attached hydrogen (secondary N) is 1. The summed E-state index contributed by atoms with van der Waals surface area (Å²) in [7, 11) is -2.48. The Morgan fingerprint density at radius 2 is 2.08 bits per heavy atom. The minimum Gasteiger partial charge on any atom is -0.505 e. The van der Waals surface area contributed by atoms with Crippen LogP contribution in [0.4, 0.5) is 5.13 Å². The monoisotopic (exact) mass is 365 g/mol. The number of aliphatic hydroxyl groups excluding tert-OH is 1. The van der Waals surface area contributed by atoms with Crippen molar-refractivity contribution in [2.75, 3.05) is 12.4 Å². The number of amides is 1. The molecule has 1 aromatic carbocycles. The Kier molecular flexibility index (Phi) is 4.06. The molecule has 0 saturated heterocycles. The number of benzene rings is 1. The maximum absolute atomic E-state index is 12.5. The van der Waals surface area contributed by atoms with Gasteiger partial charge in [0.05, 0.1) is 17.0 Å². The van der Waals surface area contributed by atoms with Crippen LogP contribution >= 0.6 is 11.3 Å². The van der Waals surface area contributed by atoms with Gasteiger partial charge in [-0.15, -0.1) is 11.3 Å². The third-order valence-corrected chi connectivity index (χ3v) is 6.31. The summed E-state index contributed by atoms with van der Waals surface area (Å²) < 4.78 is 26.0. The number of carbonyl (C=O) groups excluding carboxylic acids is 1. The molecular weight excluding hydrogens is 350 g/mol. The molecule has 1 amide bonds. The molecule has 0 aliphatic carbocycles. The van der Waals surface area contributed by atoms with Crippen molar-refractivity contribution in [2.24, 2.45) is 0 Å². The summed E-state index contributed by atoms with van der Waals surface area (Å²) in [6, 6.07) is 6.15. The zero-order chi connectivity index (χ0) is 17.5. The third-order valence-electron chi connectivity index (χ3n) is 3.63. The van der Waals surface area contributed by atoms with E-state index >= 15 is 0 Å². The van der Waals surface area contributed by atoms with Crippen LogP contribution in [-0.4, -0.2) is 35.8 Å². The molecule has 2 heterocycles. The number of carbonyl (C=O) groups is 1. The molecule has 0 fully saturated rings. The van der Waals surface area contributed by atoms with Gasteiger partial charge in [0.15, 0.2) is 5.13 Å². The lowest BCUT2D eigenvalue weighted by molar-refractivity contribution is -0.115. The quantitative estimate of drug-likeness (QED) is 0.870. The summed E-state index contributed by atoms with van der Waals surface area (Å²) in [5, 5.41) is 13.5. The molecule has 9 heteroatoms. The van der Waals surface area contributed by atoms with Crippen molar-refractivity contribution < 1.29 is 18.3 Å². The summed E-state index contributed by atoms with van der Waals surface area (Å²) >= 11 is 1.31. The van der Waals surface area contributed by atoms with E-state index in [1.54, 1.807) is 18.3 Å². The third kappa shape index (κ3) is 2.76. The van der Waals surface area contributed by atoms with Crippen LogP contribution in [0.1, 0.15) is 16.9 Å². The number of rotatable bonds is 3. The fourth-order valence-electron chi connectivity index (χ4n) is 2.41. The molecule has 0 saturated carbocycles. The van der Waals surface area contributed by atoms with Crippen molar-refractivity contribution in [3.8, 4) is 0 Å². The molecule has 1 aliphatic heterocycles. The maximum Gasteiger partial charge on any atom is 0.264 e. The molecule has 7 nitrogen and oxygen atoms in total. The Labute approximate surface area is 143 Å². The van der Waals surface area contributed by atoms with Crippen LogP contribution in [0.5, 0.6) is 0 Å². The van der Waals surface area contributed by atoms with Crippen molar-refractivity contribution in [3.63, 3.8) is 0 Å². The highest BCUT2D eigenvalue weighted by Gasteiger charge is 2.35. The van der Waals surface area contributed by atoms with Gasteiger partial charge >= 0.3 is 0 Å². The molecule has 0 radical (unpaired) electrons. The van der Waals surface area contributed by atoms with E-state index in [1.807, 2.05) is 6.92 Å². The highest BCUT2D eigenvalue weighted by molar-refractivity contribution is 7.89. The Hall–Kier alpha value is -2.39. The molecule has 3 rings (SSSR count). The van der Waals surface area contributed by atoms with Gasteiger partial charge in [-0.25, -0.2) is 13.4 Å². The van der Waals surface area contributed by atoms with Crippen molar-refractivity contribution in [1.29, 1.82) is 0 Å². The Bertz CT molecular complexity index is 947. The average molecular weight is 365 g/mol. The first-order chi connectivity index (χ1) is 11.3. The van der Waals surface area contributed by atoms with Gasteiger partial charge in [-0.3, -0.25) is 9.10 Å². The van der Waals surface area contributed by atoms with Gasteiger partial charge in [0.1, 0.15) is 5.76 Å². The average Bonchev–Trinajstić information content (AvgIpc) is 2.95. The van der Waals surface area contributed by atoms with Crippen LogP contribution in [0.2, 0.25) is 0 Å². The zero-order valence-corrected chi connectivity index (χ0v) is 14.6. The highest BCUT2D eigenvalue weighted by Crippen LogP contribution is 2.35. The largest absolute Gasteiger partial charge is 0.505 e. The number of aromatic nitrogens is 1. The number of hydrogen-bond acceptors (Lipinski definition) is 6. The number of fused-ring (bicyclic) bond motifs is 1. The van der Waals surface area contributed by atoms with Crippen molar-refractivity contribution in [1.82, 2.24) is 9.29 Å². The lowest BCUT2D eigenvalue weighted by atomic mass is 10.1. The first kappa shape index (κ1) is 16.5. The fraction of sp³-hybridized carbons (Fsp3) is 0.200. The second kappa shape index (κ2) is 5.91. The van der Waals surface area contributed by atoms with Gasteiger partial charge in [0, 0.05) is 23.7 Å². The topological polar surface area (TPSA) is 99.6 Å². The number of aliphatic hydroxyl groups is 1. The Morgan fingerprint density at radius 1 is 1.38 bits per heavy atom. The first-order valence-corrected chi connectivity index (χ1v) is 9.29. The maximum atomic E-state index is 12.5. The number of aryl methyl sites for hydroxylation is 1. The molecule has 1 aromatic heterocycles. The summed E-state index contributed by atoms with van der Waals surface area (Å²) in [5.74, 6) is -0.666. The smallest absolute Gasteiger partial charge is 0.264 e. The van der Waals surface area contributed by atoms with Crippen molar-refractivity contribution in [2.45, 2.75) is 18.2 Å². The van der Waals surface area contributed by atoms with Crippen LogP contribution in [-0.2, 0) is 14.8 Å². The predicted molar refractivity (Wildman–Crippen MR) is 91.0 cm³/mol. The molecule has 0 atom stereocenters. The predicted octanol–water partition coefficient (Wildman–Crippen LogP) is 2.34. The van der Waals surface area contributed by atoms with Crippen molar-refractivity contribution >= 4 is 38.2 Å². The van der Waals surface area contributed by atoms with Gasteiger partial charge in [0.2, 0.25) is 5.91 Å². The fourth-order valence-corrected chi connectivity index (χ4v) is 4.52. The van der Waals surface area contributed by atoms with E-state index < -0.39 is 15.9 Å². The van der Waals surface area contributed by atoms with Gasteiger partial charge in [0.25, 0.3) is 10.0 Å². The summed E-state index contributed by atoms with van der Waals surface area (Å²) in [5.41, 5.74) is 0.225. The van der Waals surface area contributed by atoms with Gasteiger partial charge in [-0.05, 0) is 19.1 Å². The van der Waals surface area contributed by atoms with E-state index in [0.29, 0.717) is 5.13 Å². The normalized spacial score (nSPS) is 16.0. The first-order valence-electron chi connectivity index (χ1n) is 7.03. The molecule has 2 aromatic rings. The van der Waals surface area contributed by atoms with Gasteiger partial charge in [-0.1, -0.05) is 12.1 Å². The Morgan fingerprint density at radius 3 is 2.75 bits per heavy atom. The standard InChI is InChI=1S/C15H15N3O4S2/c1-9-8-16-15(23-9)17-13(19)7-11-14(20)10-5-3-4-6-12(10)24(21,22)18(11)2/h3-6,8,20H,7H2,1-2H3,(H,16,17,19). The minimum atomic E-state index is -3.79. The van der Waals surface area contributed by atoms with E-state index in [1.165, 1.54) is 30.5 Å². The van der Waals surface area contributed by atoms with Crippen LogP contribution in [0.25, 0.3) is 5.76 Å². The molecule has 1 aliphatic rings. The number of sulfonamides is 1. The second-order valence-electron chi connectivity index (χ2n) is 5.27. The van der Waals surface area contributed by atoms with Crippen LogP contribution < -0.4 is 5.32 Å². The van der Waals surface area contributed by atoms with E-state index in [-0.39, 0.29) is 28.3 Å². The molecular formula is C15H15N3O4S2. The molecule has 126 valence electrons. The minimum absolute atomic E-state index is 0.0182. The zero-order valence-electron chi connectivity index (χ0n) is 13.0. The van der Waals surface area contributed by atoms with Crippen molar-refractivity contribution in [3.05, 3.63) is 46.6 Å². The van der Waals surface area contributed by atoms with E-state index in [0.717, 1.165) is 9.18 Å². The lowest BCUT2D eigenvalue weighted by Crippen LogP contribution is -2.33. The van der Waals surface area contributed by atoms with Gasteiger partial charge in [-0.2, -0.15) is 0 Å². The summed E-state index contributed by atoms with van der Waals surface area (Å²) in [4.78, 5) is 17.2. The molecule has 0 spiro atoms.